The molecule has 0 aliphatic heterocycles. The van der Waals surface area contributed by atoms with Gasteiger partial charge in [0.1, 0.15) is 0 Å². The minimum atomic E-state index is -0.953. The molecule has 1 unspecified atom stereocenters. The first-order chi connectivity index (χ1) is 8.88. The van der Waals surface area contributed by atoms with Gasteiger partial charge in [0.05, 0.1) is 5.60 Å². The summed E-state index contributed by atoms with van der Waals surface area (Å²) in [6, 6.07) is 13.2. The summed E-state index contributed by atoms with van der Waals surface area (Å²) >= 11 is 12.0. The summed E-state index contributed by atoms with van der Waals surface area (Å²) < 4.78 is 0. The highest BCUT2D eigenvalue weighted by atomic mass is 35.5. The van der Waals surface area contributed by atoms with Gasteiger partial charge in [-0.2, -0.15) is 0 Å². The van der Waals surface area contributed by atoms with E-state index in [-0.39, 0.29) is 0 Å². The van der Waals surface area contributed by atoms with E-state index in [0.29, 0.717) is 16.5 Å². The van der Waals surface area contributed by atoms with E-state index in [1.807, 2.05) is 37.3 Å². The Morgan fingerprint density at radius 2 is 1.68 bits per heavy atom. The Bertz CT molecular complexity index is 574. The number of hydrogen-bond acceptors (Lipinski definition) is 1. The lowest BCUT2D eigenvalue weighted by molar-refractivity contribution is 0.0576. The first-order valence-electron chi connectivity index (χ1n) is 6.12. The zero-order valence-corrected chi connectivity index (χ0v) is 12.5. The molecule has 3 heteroatoms. The normalized spacial score (nSPS) is 14.2. The van der Waals surface area contributed by atoms with Crippen molar-refractivity contribution in [3.8, 4) is 0 Å². The highest BCUT2D eigenvalue weighted by Gasteiger charge is 2.24. The molecule has 0 heterocycles. The zero-order chi connectivity index (χ0) is 14.0. The molecule has 1 atom stereocenters. The summed E-state index contributed by atoms with van der Waals surface area (Å²) in [5.74, 6) is 0. The van der Waals surface area contributed by atoms with Crippen LogP contribution in [0.5, 0.6) is 0 Å². The van der Waals surface area contributed by atoms with Crippen molar-refractivity contribution in [2.75, 3.05) is 0 Å². The Hall–Kier alpha value is -1.02. The Morgan fingerprint density at radius 3 is 2.26 bits per heavy atom. The Balaban J connectivity index is 2.27. The maximum atomic E-state index is 10.6. The van der Waals surface area contributed by atoms with Crippen LogP contribution in [0.25, 0.3) is 0 Å². The standard InChI is InChI=1S/C16H16Cl2O/c1-11-3-6-13(7-4-11)16(2,19)10-12-5-8-14(17)9-15(12)18/h3-9,19H,10H2,1-2H3. The highest BCUT2D eigenvalue weighted by Crippen LogP contribution is 2.30. The molecule has 2 rings (SSSR count). The van der Waals surface area contributed by atoms with Gasteiger partial charge in [-0.3, -0.25) is 0 Å². The number of benzene rings is 2. The summed E-state index contributed by atoms with van der Waals surface area (Å²) in [4.78, 5) is 0. The molecule has 0 aliphatic rings. The van der Waals surface area contributed by atoms with Crippen LogP contribution in [0.1, 0.15) is 23.6 Å². The third kappa shape index (κ3) is 3.50. The third-order valence-electron chi connectivity index (χ3n) is 3.22. The molecule has 0 saturated heterocycles. The molecule has 0 amide bonds. The molecule has 19 heavy (non-hydrogen) atoms. The second-order valence-electron chi connectivity index (χ2n) is 5.05. The van der Waals surface area contributed by atoms with E-state index < -0.39 is 5.60 Å². The molecular formula is C16H16Cl2O. The smallest absolute Gasteiger partial charge is 0.0909 e. The topological polar surface area (TPSA) is 20.2 Å². The van der Waals surface area contributed by atoms with Crippen molar-refractivity contribution >= 4 is 23.2 Å². The van der Waals surface area contributed by atoms with E-state index in [4.69, 9.17) is 23.2 Å². The maximum Gasteiger partial charge on any atom is 0.0909 e. The van der Waals surface area contributed by atoms with Crippen LogP contribution < -0.4 is 0 Å². The molecule has 100 valence electrons. The fourth-order valence-corrected chi connectivity index (χ4v) is 2.53. The minimum absolute atomic E-state index is 0.450. The van der Waals surface area contributed by atoms with E-state index in [1.54, 1.807) is 19.1 Å². The SMILES string of the molecule is Cc1ccc(C(C)(O)Cc2ccc(Cl)cc2Cl)cc1. The van der Waals surface area contributed by atoms with Crippen LogP contribution >= 0.6 is 23.2 Å². The fraction of sp³-hybridized carbons (Fsp3) is 0.250. The van der Waals surface area contributed by atoms with Gasteiger partial charge < -0.3 is 5.11 Å². The van der Waals surface area contributed by atoms with Gasteiger partial charge in [0.15, 0.2) is 0 Å². The lowest BCUT2D eigenvalue weighted by Crippen LogP contribution is -2.24. The monoisotopic (exact) mass is 294 g/mol. The van der Waals surface area contributed by atoms with Crippen molar-refractivity contribution in [1.82, 2.24) is 0 Å². The predicted octanol–water partition coefficient (Wildman–Crippen LogP) is 4.75. The van der Waals surface area contributed by atoms with Crippen LogP contribution in [0.3, 0.4) is 0 Å². The quantitative estimate of drug-likeness (QED) is 0.866. The number of aliphatic hydroxyl groups is 1. The van der Waals surface area contributed by atoms with Gasteiger partial charge >= 0.3 is 0 Å². The first kappa shape index (κ1) is 14.4. The molecule has 0 bridgehead atoms. The minimum Gasteiger partial charge on any atom is -0.385 e. The summed E-state index contributed by atoms with van der Waals surface area (Å²) in [7, 11) is 0. The van der Waals surface area contributed by atoms with E-state index in [1.165, 1.54) is 5.56 Å². The molecule has 2 aromatic carbocycles. The van der Waals surface area contributed by atoms with Crippen molar-refractivity contribution in [2.24, 2.45) is 0 Å². The van der Waals surface area contributed by atoms with Crippen molar-refractivity contribution in [3.05, 3.63) is 69.2 Å². The van der Waals surface area contributed by atoms with Crippen LogP contribution in [0.2, 0.25) is 10.0 Å². The second-order valence-corrected chi connectivity index (χ2v) is 5.90. The van der Waals surface area contributed by atoms with Crippen LogP contribution in [0.4, 0.5) is 0 Å². The van der Waals surface area contributed by atoms with E-state index >= 15 is 0 Å². The average molecular weight is 295 g/mol. The fourth-order valence-electron chi connectivity index (χ4n) is 2.05. The second kappa shape index (κ2) is 5.54. The van der Waals surface area contributed by atoms with Crippen molar-refractivity contribution in [3.63, 3.8) is 0 Å². The van der Waals surface area contributed by atoms with Gasteiger partial charge in [0.2, 0.25) is 0 Å². The van der Waals surface area contributed by atoms with Crippen LogP contribution in [-0.2, 0) is 12.0 Å². The van der Waals surface area contributed by atoms with Gasteiger partial charge in [0, 0.05) is 16.5 Å². The molecular weight excluding hydrogens is 279 g/mol. The summed E-state index contributed by atoms with van der Waals surface area (Å²) in [6.45, 7) is 3.82. The van der Waals surface area contributed by atoms with Crippen molar-refractivity contribution in [1.29, 1.82) is 0 Å². The molecule has 0 aliphatic carbocycles. The van der Waals surface area contributed by atoms with Gasteiger partial charge in [-0.05, 0) is 37.1 Å². The molecule has 0 fully saturated rings. The summed E-state index contributed by atoms with van der Waals surface area (Å²) in [6.07, 6.45) is 0.450. The zero-order valence-electron chi connectivity index (χ0n) is 11.0. The Kier molecular flexibility index (Phi) is 4.19. The molecule has 1 N–H and O–H groups in total. The molecule has 0 radical (unpaired) electrons. The summed E-state index contributed by atoms with van der Waals surface area (Å²) in [5.41, 5.74) is 1.98. The number of halogens is 2. The van der Waals surface area contributed by atoms with E-state index in [9.17, 15) is 5.11 Å². The lowest BCUT2D eigenvalue weighted by atomic mass is 9.88. The van der Waals surface area contributed by atoms with E-state index in [2.05, 4.69) is 0 Å². The summed E-state index contributed by atoms with van der Waals surface area (Å²) in [5, 5.41) is 11.8. The van der Waals surface area contributed by atoms with Gasteiger partial charge in [-0.15, -0.1) is 0 Å². The number of rotatable bonds is 3. The van der Waals surface area contributed by atoms with Crippen LogP contribution in [-0.4, -0.2) is 5.11 Å². The third-order valence-corrected chi connectivity index (χ3v) is 3.81. The predicted molar refractivity (Wildman–Crippen MR) is 80.9 cm³/mol. The van der Waals surface area contributed by atoms with Gasteiger partial charge in [-0.25, -0.2) is 0 Å². The molecule has 0 spiro atoms. The number of hydrogen-bond donors (Lipinski definition) is 1. The molecule has 0 saturated carbocycles. The largest absolute Gasteiger partial charge is 0.385 e. The maximum absolute atomic E-state index is 10.6. The first-order valence-corrected chi connectivity index (χ1v) is 6.87. The lowest BCUT2D eigenvalue weighted by Gasteiger charge is -2.24. The molecule has 0 aromatic heterocycles. The van der Waals surface area contributed by atoms with E-state index in [0.717, 1.165) is 11.1 Å². The van der Waals surface area contributed by atoms with Crippen LogP contribution in [0, 0.1) is 6.92 Å². The Labute approximate surface area is 123 Å². The van der Waals surface area contributed by atoms with Gasteiger partial charge in [0.25, 0.3) is 0 Å². The molecule has 2 aromatic rings. The van der Waals surface area contributed by atoms with Crippen LogP contribution in [0.15, 0.2) is 42.5 Å². The van der Waals surface area contributed by atoms with Crippen molar-refractivity contribution in [2.45, 2.75) is 25.9 Å². The Morgan fingerprint density at radius 1 is 1.05 bits per heavy atom. The van der Waals surface area contributed by atoms with Crippen molar-refractivity contribution < 1.29 is 5.11 Å². The van der Waals surface area contributed by atoms with Gasteiger partial charge in [-0.1, -0.05) is 59.1 Å². The number of aryl methyl sites for hydroxylation is 1. The average Bonchev–Trinajstić information content (AvgIpc) is 2.33. The molecule has 1 nitrogen and oxygen atoms in total. The highest BCUT2D eigenvalue weighted by molar-refractivity contribution is 6.35.